The minimum Gasteiger partial charge on any atom is -0.371 e. The highest BCUT2D eigenvalue weighted by Gasteiger charge is 2.25. The lowest BCUT2D eigenvalue weighted by Gasteiger charge is -2.25. The third-order valence-electron chi connectivity index (χ3n) is 4.93. The minimum absolute atomic E-state index is 0.914. The third-order valence-corrected chi connectivity index (χ3v) is 4.93. The van der Waals surface area contributed by atoms with E-state index in [-0.39, 0.29) is 0 Å². The van der Waals surface area contributed by atoms with E-state index in [2.05, 4.69) is 65.9 Å². The summed E-state index contributed by atoms with van der Waals surface area (Å²) >= 11 is 0. The van der Waals surface area contributed by atoms with Crippen LogP contribution in [0.4, 0.5) is 5.69 Å². The van der Waals surface area contributed by atoms with Crippen molar-refractivity contribution in [2.45, 2.75) is 26.2 Å². The minimum atomic E-state index is 0.914. The number of anilines is 1. The van der Waals surface area contributed by atoms with E-state index in [9.17, 15) is 0 Å². The van der Waals surface area contributed by atoms with Crippen LogP contribution >= 0.6 is 0 Å². The van der Waals surface area contributed by atoms with Crippen molar-refractivity contribution in [2.75, 3.05) is 18.0 Å². The number of para-hydroxylation sites is 1. The van der Waals surface area contributed by atoms with Crippen LogP contribution < -0.4 is 4.90 Å². The molecule has 1 aliphatic carbocycles. The number of fused-ring (bicyclic) bond motifs is 3. The first-order valence-corrected chi connectivity index (χ1v) is 8.50. The van der Waals surface area contributed by atoms with Crippen LogP contribution in [-0.4, -0.2) is 17.7 Å². The highest BCUT2D eigenvalue weighted by molar-refractivity contribution is 6.14. The summed E-state index contributed by atoms with van der Waals surface area (Å²) in [5.41, 5.74) is 4.09. The van der Waals surface area contributed by atoms with Crippen LogP contribution in [0.1, 0.15) is 26.2 Å². The summed E-state index contributed by atoms with van der Waals surface area (Å²) in [5, 5.41) is 2.81. The Labute approximate surface area is 132 Å². The predicted octanol–water partition coefficient (Wildman–Crippen LogP) is 4.96. The molecule has 0 aliphatic heterocycles. The quantitative estimate of drug-likeness (QED) is 0.645. The van der Waals surface area contributed by atoms with E-state index in [0.717, 1.165) is 12.5 Å². The second kappa shape index (κ2) is 5.35. The molecule has 2 nitrogen and oxygen atoms in total. The molecule has 0 N–H and O–H groups in total. The summed E-state index contributed by atoms with van der Waals surface area (Å²) in [4.78, 5) is 2.62. The van der Waals surface area contributed by atoms with E-state index in [1.165, 1.54) is 53.3 Å². The van der Waals surface area contributed by atoms with Crippen molar-refractivity contribution in [3.8, 4) is 0 Å². The van der Waals surface area contributed by atoms with Gasteiger partial charge in [0, 0.05) is 42.1 Å². The van der Waals surface area contributed by atoms with E-state index in [1.807, 2.05) is 0 Å². The molecule has 2 heteroatoms. The Bertz CT molecular complexity index is 811. The molecule has 4 rings (SSSR count). The molecule has 1 saturated carbocycles. The molecule has 0 saturated heterocycles. The molecule has 0 radical (unpaired) electrons. The van der Waals surface area contributed by atoms with Crippen molar-refractivity contribution in [3.05, 3.63) is 42.5 Å². The number of hydrogen-bond acceptors (Lipinski definition) is 1. The van der Waals surface area contributed by atoms with Gasteiger partial charge in [-0.05, 0) is 43.4 Å². The number of aromatic nitrogens is 1. The standard InChI is InChI=1S/C20H24N2/c1-3-13-22(14-15-11-12-15)19-10-6-9-18-20(19)16-7-4-5-8-17(16)21(18)2/h4-10,15H,3,11-14H2,1-2H3. The van der Waals surface area contributed by atoms with Crippen LogP contribution in [0.3, 0.4) is 0 Å². The Morgan fingerprint density at radius 3 is 2.59 bits per heavy atom. The van der Waals surface area contributed by atoms with Crippen molar-refractivity contribution < 1.29 is 0 Å². The average Bonchev–Trinajstić information content (AvgIpc) is 3.32. The van der Waals surface area contributed by atoms with Gasteiger partial charge < -0.3 is 9.47 Å². The molecule has 114 valence electrons. The summed E-state index contributed by atoms with van der Waals surface area (Å²) in [7, 11) is 2.18. The van der Waals surface area contributed by atoms with Crippen LogP contribution in [0.2, 0.25) is 0 Å². The van der Waals surface area contributed by atoms with Gasteiger partial charge in [-0.1, -0.05) is 31.2 Å². The number of nitrogens with zero attached hydrogens (tertiary/aromatic N) is 2. The largest absolute Gasteiger partial charge is 0.371 e. The van der Waals surface area contributed by atoms with E-state index in [4.69, 9.17) is 0 Å². The van der Waals surface area contributed by atoms with Gasteiger partial charge in [-0.15, -0.1) is 0 Å². The lowest BCUT2D eigenvalue weighted by Crippen LogP contribution is -2.26. The highest BCUT2D eigenvalue weighted by atomic mass is 15.1. The normalized spacial score (nSPS) is 14.8. The molecule has 22 heavy (non-hydrogen) atoms. The van der Waals surface area contributed by atoms with Gasteiger partial charge in [-0.3, -0.25) is 0 Å². The molecule has 1 aliphatic rings. The Balaban J connectivity index is 1.94. The topological polar surface area (TPSA) is 8.17 Å². The fraction of sp³-hybridized carbons (Fsp3) is 0.400. The molecule has 1 aromatic heterocycles. The van der Waals surface area contributed by atoms with Gasteiger partial charge in [-0.2, -0.15) is 0 Å². The van der Waals surface area contributed by atoms with Gasteiger partial charge in [0.25, 0.3) is 0 Å². The fourth-order valence-corrected chi connectivity index (χ4v) is 3.65. The van der Waals surface area contributed by atoms with Crippen molar-refractivity contribution in [2.24, 2.45) is 13.0 Å². The molecule has 0 unspecified atom stereocenters. The molecule has 1 fully saturated rings. The molecular formula is C20H24N2. The van der Waals surface area contributed by atoms with Gasteiger partial charge in [0.2, 0.25) is 0 Å². The molecule has 0 amide bonds. The lowest BCUT2D eigenvalue weighted by atomic mass is 10.1. The summed E-state index contributed by atoms with van der Waals surface area (Å²) in [6.45, 7) is 4.65. The fourth-order valence-electron chi connectivity index (χ4n) is 3.65. The summed E-state index contributed by atoms with van der Waals surface area (Å²) < 4.78 is 2.33. The maximum Gasteiger partial charge on any atom is 0.0509 e. The maximum atomic E-state index is 2.62. The Kier molecular flexibility index (Phi) is 3.33. The summed E-state index contributed by atoms with van der Waals surface area (Å²) in [5.74, 6) is 0.914. The first-order chi connectivity index (χ1) is 10.8. The van der Waals surface area contributed by atoms with Crippen molar-refractivity contribution >= 4 is 27.5 Å². The van der Waals surface area contributed by atoms with Gasteiger partial charge in [0.1, 0.15) is 0 Å². The highest BCUT2D eigenvalue weighted by Crippen LogP contribution is 2.38. The Morgan fingerprint density at radius 2 is 1.82 bits per heavy atom. The number of aryl methyl sites for hydroxylation is 1. The Hall–Kier alpha value is -1.96. The molecule has 3 aromatic rings. The summed E-state index contributed by atoms with van der Waals surface area (Å²) in [6, 6.07) is 15.6. The van der Waals surface area contributed by atoms with Gasteiger partial charge in [-0.25, -0.2) is 0 Å². The Morgan fingerprint density at radius 1 is 1.05 bits per heavy atom. The van der Waals surface area contributed by atoms with E-state index in [0.29, 0.717) is 0 Å². The molecule has 0 atom stereocenters. The number of hydrogen-bond donors (Lipinski definition) is 0. The molecular weight excluding hydrogens is 268 g/mol. The number of benzene rings is 2. The predicted molar refractivity (Wildman–Crippen MR) is 95.7 cm³/mol. The van der Waals surface area contributed by atoms with Crippen LogP contribution in [-0.2, 0) is 7.05 Å². The smallest absolute Gasteiger partial charge is 0.0509 e. The van der Waals surface area contributed by atoms with Crippen molar-refractivity contribution in [3.63, 3.8) is 0 Å². The first kappa shape index (κ1) is 13.7. The van der Waals surface area contributed by atoms with Crippen molar-refractivity contribution in [1.29, 1.82) is 0 Å². The average molecular weight is 292 g/mol. The first-order valence-electron chi connectivity index (χ1n) is 8.50. The van der Waals surface area contributed by atoms with Crippen LogP contribution in [0.5, 0.6) is 0 Å². The van der Waals surface area contributed by atoms with E-state index >= 15 is 0 Å². The number of rotatable bonds is 5. The van der Waals surface area contributed by atoms with Gasteiger partial charge >= 0.3 is 0 Å². The lowest BCUT2D eigenvalue weighted by molar-refractivity contribution is 0.710. The third kappa shape index (κ3) is 2.18. The van der Waals surface area contributed by atoms with Crippen LogP contribution in [0.25, 0.3) is 21.8 Å². The van der Waals surface area contributed by atoms with Gasteiger partial charge in [0.15, 0.2) is 0 Å². The second-order valence-corrected chi connectivity index (χ2v) is 6.64. The molecule has 2 aromatic carbocycles. The zero-order chi connectivity index (χ0) is 15.1. The zero-order valence-corrected chi connectivity index (χ0v) is 13.5. The summed E-state index contributed by atoms with van der Waals surface area (Å²) in [6.07, 6.45) is 4.02. The van der Waals surface area contributed by atoms with Crippen molar-refractivity contribution in [1.82, 2.24) is 4.57 Å². The SMILES string of the molecule is CCCN(CC1CC1)c1cccc2c1c1ccccc1n2C. The molecule has 0 bridgehead atoms. The molecule has 1 heterocycles. The van der Waals surface area contributed by atoms with Crippen LogP contribution in [0.15, 0.2) is 42.5 Å². The van der Waals surface area contributed by atoms with Gasteiger partial charge in [0.05, 0.1) is 5.52 Å². The van der Waals surface area contributed by atoms with Crippen LogP contribution in [0, 0.1) is 5.92 Å². The molecule has 0 spiro atoms. The zero-order valence-electron chi connectivity index (χ0n) is 13.5. The maximum absolute atomic E-state index is 2.62. The monoisotopic (exact) mass is 292 g/mol. The van der Waals surface area contributed by atoms with E-state index in [1.54, 1.807) is 0 Å². The second-order valence-electron chi connectivity index (χ2n) is 6.64. The van der Waals surface area contributed by atoms with E-state index < -0.39 is 0 Å².